The van der Waals surface area contributed by atoms with Crippen LogP contribution in [0.15, 0.2) is 35.4 Å². The fraction of sp³-hybridized carbons (Fsp3) is 0.357. The fourth-order valence-corrected chi connectivity index (χ4v) is 2.61. The van der Waals surface area contributed by atoms with E-state index in [0.29, 0.717) is 0 Å². The maximum Gasteiger partial charge on any atom is 0.241 e. The van der Waals surface area contributed by atoms with Crippen LogP contribution in [0.2, 0.25) is 0 Å². The molecule has 0 aliphatic rings. The summed E-state index contributed by atoms with van der Waals surface area (Å²) in [5, 5.41) is 9.56. The van der Waals surface area contributed by atoms with Crippen LogP contribution in [0.4, 0.5) is 0 Å². The third kappa shape index (κ3) is 3.83. The second-order valence-corrected chi connectivity index (χ2v) is 6.69. The summed E-state index contributed by atoms with van der Waals surface area (Å²) in [6, 6.07) is 6.98. The van der Waals surface area contributed by atoms with E-state index in [0.717, 1.165) is 11.3 Å². The predicted octanol–water partition coefficient (Wildman–Crippen LogP) is 2.00. The van der Waals surface area contributed by atoms with Crippen LogP contribution in [-0.2, 0) is 16.6 Å². The van der Waals surface area contributed by atoms with Gasteiger partial charge >= 0.3 is 0 Å². The van der Waals surface area contributed by atoms with Crippen molar-refractivity contribution in [3.05, 3.63) is 41.7 Å². The molecule has 1 aromatic heterocycles. The van der Waals surface area contributed by atoms with Gasteiger partial charge in [0.05, 0.1) is 5.69 Å². The first-order chi connectivity index (χ1) is 9.77. The van der Waals surface area contributed by atoms with Gasteiger partial charge in [0.25, 0.3) is 0 Å². The van der Waals surface area contributed by atoms with Crippen molar-refractivity contribution in [1.82, 2.24) is 9.78 Å². The molecule has 1 heterocycles. The summed E-state index contributed by atoms with van der Waals surface area (Å²) in [6.45, 7) is 6.03. The zero-order valence-corrected chi connectivity index (χ0v) is 13.1. The molecular formula is C14H19N3O3S. The maximum absolute atomic E-state index is 11.6. The Bertz CT molecular complexity index is 736. The van der Waals surface area contributed by atoms with Crippen molar-refractivity contribution in [2.45, 2.75) is 38.3 Å². The molecule has 0 amide bonds. The highest BCUT2D eigenvalue weighted by atomic mass is 32.2. The SMILES string of the molecule is Cc1ccc(OCc2ccn(C(C)C)n2)c(S(N)(=O)=O)c1. The second-order valence-electron chi connectivity index (χ2n) is 5.16. The van der Waals surface area contributed by atoms with Crippen LogP contribution in [0.1, 0.15) is 31.1 Å². The Morgan fingerprint density at radius 2 is 2.05 bits per heavy atom. The summed E-state index contributed by atoms with van der Waals surface area (Å²) in [5.41, 5.74) is 1.53. The van der Waals surface area contributed by atoms with Gasteiger partial charge in [-0.25, -0.2) is 13.6 Å². The van der Waals surface area contributed by atoms with Crippen molar-refractivity contribution in [3.8, 4) is 5.75 Å². The minimum atomic E-state index is -3.82. The number of primary sulfonamides is 1. The lowest BCUT2D eigenvalue weighted by atomic mass is 10.2. The van der Waals surface area contributed by atoms with Gasteiger partial charge in [0.15, 0.2) is 0 Å². The molecule has 7 heteroatoms. The van der Waals surface area contributed by atoms with Crippen molar-refractivity contribution in [1.29, 1.82) is 0 Å². The number of ether oxygens (including phenoxy) is 1. The topological polar surface area (TPSA) is 87.2 Å². The Morgan fingerprint density at radius 3 is 2.62 bits per heavy atom. The van der Waals surface area contributed by atoms with E-state index >= 15 is 0 Å². The van der Waals surface area contributed by atoms with Gasteiger partial charge < -0.3 is 4.74 Å². The highest BCUT2D eigenvalue weighted by Gasteiger charge is 2.16. The molecule has 0 atom stereocenters. The van der Waals surface area contributed by atoms with Crippen LogP contribution in [0.3, 0.4) is 0 Å². The van der Waals surface area contributed by atoms with E-state index < -0.39 is 10.0 Å². The highest BCUT2D eigenvalue weighted by Crippen LogP contribution is 2.24. The molecule has 2 rings (SSSR count). The summed E-state index contributed by atoms with van der Waals surface area (Å²) < 4.78 is 30.6. The van der Waals surface area contributed by atoms with Gasteiger partial charge in [0.2, 0.25) is 10.0 Å². The third-order valence-electron chi connectivity index (χ3n) is 2.97. The molecule has 0 unspecified atom stereocenters. The lowest BCUT2D eigenvalue weighted by Gasteiger charge is -2.10. The first kappa shape index (κ1) is 15.5. The zero-order chi connectivity index (χ0) is 15.6. The Kier molecular flexibility index (Phi) is 4.34. The number of rotatable bonds is 5. The normalized spacial score (nSPS) is 11.9. The summed E-state index contributed by atoms with van der Waals surface area (Å²) >= 11 is 0. The van der Waals surface area contributed by atoms with E-state index in [4.69, 9.17) is 9.88 Å². The average molecular weight is 309 g/mol. The maximum atomic E-state index is 11.6. The zero-order valence-electron chi connectivity index (χ0n) is 12.3. The molecule has 6 nitrogen and oxygen atoms in total. The van der Waals surface area contributed by atoms with E-state index in [1.165, 1.54) is 6.07 Å². The second kappa shape index (κ2) is 5.87. The molecule has 0 fully saturated rings. The van der Waals surface area contributed by atoms with Crippen LogP contribution in [0.5, 0.6) is 5.75 Å². The molecule has 0 aliphatic heterocycles. The van der Waals surface area contributed by atoms with Crippen molar-refractivity contribution in [2.75, 3.05) is 0 Å². The summed E-state index contributed by atoms with van der Waals surface area (Å²) in [6.07, 6.45) is 1.86. The van der Waals surface area contributed by atoms with E-state index in [2.05, 4.69) is 5.10 Å². The monoisotopic (exact) mass is 309 g/mol. The third-order valence-corrected chi connectivity index (χ3v) is 3.91. The van der Waals surface area contributed by atoms with E-state index in [9.17, 15) is 8.42 Å². The number of aryl methyl sites for hydroxylation is 1. The molecule has 114 valence electrons. The molecule has 0 spiro atoms. The Balaban J connectivity index is 2.20. The Labute approximate surface area is 124 Å². The standard InChI is InChI=1S/C14H19N3O3S/c1-10(2)17-7-6-12(16-17)9-20-13-5-4-11(3)8-14(13)21(15,18)19/h4-8,10H,9H2,1-3H3,(H2,15,18,19). The average Bonchev–Trinajstić information content (AvgIpc) is 2.85. The number of hydrogen-bond acceptors (Lipinski definition) is 4. The van der Waals surface area contributed by atoms with Crippen molar-refractivity contribution < 1.29 is 13.2 Å². The van der Waals surface area contributed by atoms with Crippen molar-refractivity contribution in [2.24, 2.45) is 5.14 Å². The molecule has 0 aliphatic carbocycles. The smallest absolute Gasteiger partial charge is 0.241 e. The first-order valence-corrected chi connectivity index (χ1v) is 8.12. The van der Waals surface area contributed by atoms with Gasteiger partial charge in [0.1, 0.15) is 17.3 Å². The van der Waals surface area contributed by atoms with E-state index in [1.54, 1.807) is 19.1 Å². The number of sulfonamides is 1. The van der Waals surface area contributed by atoms with Crippen LogP contribution >= 0.6 is 0 Å². The van der Waals surface area contributed by atoms with Gasteiger partial charge in [-0.05, 0) is 44.5 Å². The summed E-state index contributed by atoms with van der Waals surface area (Å²) in [7, 11) is -3.82. The van der Waals surface area contributed by atoms with E-state index in [-0.39, 0.29) is 23.3 Å². The molecule has 2 aromatic rings. The lowest BCUT2D eigenvalue weighted by molar-refractivity contribution is 0.291. The Hall–Kier alpha value is -1.86. The molecule has 21 heavy (non-hydrogen) atoms. The Morgan fingerprint density at radius 1 is 1.33 bits per heavy atom. The van der Waals surface area contributed by atoms with Crippen LogP contribution < -0.4 is 9.88 Å². The van der Waals surface area contributed by atoms with Crippen LogP contribution in [-0.4, -0.2) is 18.2 Å². The number of nitrogens with zero attached hydrogens (tertiary/aromatic N) is 2. The quantitative estimate of drug-likeness (QED) is 0.915. The van der Waals surface area contributed by atoms with Gasteiger partial charge in [-0.3, -0.25) is 4.68 Å². The molecular weight excluding hydrogens is 290 g/mol. The number of aromatic nitrogens is 2. The van der Waals surface area contributed by atoms with Gasteiger partial charge in [-0.15, -0.1) is 0 Å². The minimum Gasteiger partial charge on any atom is -0.486 e. The minimum absolute atomic E-state index is 0.00853. The molecule has 1 aromatic carbocycles. The van der Waals surface area contributed by atoms with E-state index in [1.807, 2.05) is 30.8 Å². The number of hydrogen-bond donors (Lipinski definition) is 1. The first-order valence-electron chi connectivity index (χ1n) is 6.57. The number of benzene rings is 1. The molecule has 0 bridgehead atoms. The lowest BCUT2D eigenvalue weighted by Crippen LogP contribution is -2.14. The predicted molar refractivity (Wildman–Crippen MR) is 79.5 cm³/mol. The molecule has 0 saturated heterocycles. The summed E-state index contributed by atoms with van der Waals surface area (Å²) in [5.74, 6) is 0.238. The number of nitrogens with two attached hydrogens (primary N) is 1. The van der Waals surface area contributed by atoms with Crippen molar-refractivity contribution in [3.63, 3.8) is 0 Å². The van der Waals surface area contributed by atoms with Gasteiger partial charge in [-0.1, -0.05) is 6.07 Å². The van der Waals surface area contributed by atoms with Gasteiger partial charge in [-0.2, -0.15) is 5.10 Å². The van der Waals surface area contributed by atoms with Gasteiger partial charge in [0, 0.05) is 12.2 Å². The molecule has 2 N–H and O–H groups in total. The summed E-state index contributed by atoms with van der Waals surface area (Å²) in [4.78, 5) is -0.00853. The fourth-order valence-electron chi connectivity index (χ4n) is 1.85. The highest BCUT2D eigenvalue weighted by molar-refractivity contribution is 7.89. The van der Waals surface area contributed by atoms with Crippen molar-refractivity contribution >= 4 is 10.0 Å². The van der Waals surface area contributed by atoms with Crippen LogP contribution in [0.25, 0.3) is 0 Å². The molecule has 0 radical (unpaired) electrons. The largest absolute Gasteiger partial charge is 0.486 e. The molecule has 0 saturated carbocycles. The van der Waals surface area contributed by atoms with Crippen LogP contribution in [0, 0.1) is 6.92 Å².